The first-order chi connectivity index (χ1) is 18.8. The first-order valence-electron chi connectivity index (χ1n) is 13.4. The molecule has 1 aliphatic rings. The molecule has 4 rings (SSSR count). The summed E-state index contributed by atoms with van der Waals surface area (Å²) in [5.74, 6) is 0.629. The van der Waals surface area contributed by atoms with Gasteiger partial charge in [-0.25, -0.2) is 13.4 Å². The third-order valence-corrected chi connectivity index (χ3v) is 8.57. The van der Waals surface area contributed by atoms with Gasteiger partial charge >= 0.3 is 0 Å². The molecule has 0 bridgehead atoms. The molecule has 0 spiro atoms. The van der Waals surface area contributed by atoms with E-state index in [0.717, 1.165) is 25.9 Å². The molecule has 12 nitrogen and oxygen atoms in total. The molecule has 3 heterocycles. The summed E-state index contributed by atoms with van der Waals surface area (Å²) in [4.78, 5) is 22.8. The van der Waals surface area contributed by atoms with Gasteiger partial charge in [0.25, 0.3) is 5.56 Å². The van der Waals surface area contributed by atoms with Crippen LogP contribution in [0.4, 0.5) is 0 Å². The van der Waals surface area contributed by atoms with E-state index in [2.05, 4.69) is 15.0 Å². The highest BCUT2D eigenvalue weighted by Gasteiger charge is 2.27. The van der Waals surface area contributed by atoms with E-state index in [1.165, 1.54) is 21.1 Å². The van der Waals surface area contributed by atoms with Gasteiger partial charge in [-0.2, -0.15) is 9.40 Å². The summed E-state index contributed by atoms with van der Waals surface area (Å²) in [7, 11) is -2.27. The fourth-order valence-corrected chi connectivity index (χ4v) is 6.11. The molecule has 0 radical (unpaired) electrons. The number of fused-ring (bicyclic) bond motifs is 1. The fourth-order valence-electron chi connectivity index (χ4n) is 4.66. The van der Waals surface area contributed by atoms with Crippen molar-refractivity contribution in [2.24, 2.45) is 7.05 Å². The van der Waals surface area contributed by atoms with Crippen molar-refractivity contribution in [3.8, 4) is 17.1 Å². The number of ether oxygens (including phenoxy) is 2. The normalized spacial score (nSPS) is 14.9. The first-order valence-corrected chi connectivity index (χ1v) is 14.9. The second kappa shape index (κ2) is 13.0. The van der Waals surface area contributed by atoms with E-state index in [1.807, 2.05) is 13.8 Å². The van der Waals surface area contributed by atoms with Crippen LogP contribution in [-0.4, -0.2) is 102 Å². The van der Waals surface area contributed by atoms with Crippen LogP contribution in [0.15, 0.2) is 27.9 Å². The molecule has 39 heavy (non-hydrogen) atoms. The first kappa shape index (κ1) is 29.2. The molecule has 0 amide bonds. The molecule has 3 aromatic rings. The molecule has 2 aromatic heterocycles. The molecule has 0 unspecified atom stereocenters. The molecular weight excluding hydrogens is 524 g/mol. The molecular formula is C26H38N6O6S. The van der Waals surface area contributed by atoms with E-state index >= 15 is 0 Å². The minimum atomic E-state index is -3.97. The van der Waals surface area contributed by atoms with Crippen molar-refractivity contribution in [2.45, 2.75) is 38.0 Å². The maximum Gasteiger partial charge on any atom is 0.277 e. The maximum atomic E-state index is 13.8. The third-order valence-electron chi connectivity index (χ3n) is 6.67. The molecule has 214 valence electrons. The predicted octanol–water partition coefficient (Wildman–Crippen LogP) is 1.38. The van der Waals surface area contributed by atoms with Gasteiger partial charge in [0.15, 0.2) is 5.52 Å². The zero-order valence-electron chi connectivity index (χ0n) is 22.9. The molecule has 1 fully saturated rings. The third kappa shape index (κ3) is 6.49. The minimum absolute atomic E-state index is 0.0273. The number of morpholine rings is 1. The molecule has 0 atom stereocenters. The Labute approximate surface area is 228 Å². The van der Waals surface area contributed by atoms with Crippen LogP contribution in [0.1, 0.15) is 32.4 Å². The number of aromatic nitrogens is 4. The van der Waals surface area contributed by atoms with Crippen LogP contribution < -0.4 is 10.3 Å². The Morgan fingerprint density at radius 2 is 1.95 bits per heavy atom. The van der Waals surface area contributed by atoms with Gasteiger partial charge in [0, 0.05) is 39.8 Å². The van der Waals surface area contributed by atoms with Gasteiger partial charge in [-0.05, 0) is 31.0 Å². The van der Waals surface area contributed by atoms with Crippen molar-refractivity contribution in [3.05, 3.63) is 34.2 Å². The van der Waals surface area contributed by atoms with Gasteiger partial charge in [0.2, 0.25) is 10.0 Å². The molecule has 1 aliphatic heterocycles. The Kier molecular flexibility index (Phi) is 9.72. The van der Waals surface area contributed by atoms with E-state index in [0.29, 0.717) is 60.8 Å². The molecule has 1 saturated heterocycles. The lowest BCUT2D eigenvalue weighted by atomic mass is 10.1. The monoisotopic (exact) mass is 562 g/mol. The number of hydrogen-bond donors (Lipinski definition) is 2. The number of aromatic amines is 1. The lowest BCUT2D eigenvalue weighted by molar-refractivity contribution is 0.0359. The van der Waals surface area contributed by atoms with Gasteiger partial charge in [0.1, 0.15) is 17.1 Å². The highest BCUT2D eigenvalue weighted by molar-refractivity contribution is 7.89. The quantitative estimate of drug-likeness (QED) is 0.316. The number of rotatable bonds is 13. The highest BCUT2D eigenvalue weighted by Crippen LogP contribution is 2.32. The van der Waals surface area contributed by atoms with Crippen LogP contribution in [0.3, 0.4) is 0 Å². The van der Waals surface area contributed by atoms with Crippen LogP contribution in [0.25, 0.3) is 22.4 Å². The molecule has 0 saturated carbocycles. The van der Waals surface area contributed by atoms with Crippen LogP contribution in [0.2, 0.25) is 0 Å². The molecule has 13 heteroatoms. The second-order valence-electron chi connectivity index (χ2n) is 9.52. The molecule has 0 aliphatic carbocycles. The largest absolute Gasteiger partial charge is 0.493 e. The van der Waals surface area contributed by atoms with E-state index in [9.17, 15) is 18.3 Å². The Bertz CT molecular complexity index is 1430. The summed E-state index contributed by atoms with van der Waals surface area (Å²) < 4.78 is 41.6. The van der Waals surface area contributed by atoms with E-state index in [-0.39, 0.29) is 36.0 Å². The number of aryl methyl sites for hydroxylation is 2. The number of aliphatic hydroxyl groups is 1. The summed E-state index contributed by atoms with van der Waals surface area (Å²) >= 11 is 0. The number of aliphatic hydroxyl groups excluding tert-OH is 1. The van der Waals surface area contributed by atoms with Gasteiger partial charge < -0.3 is 19.6 Å². The lowest BCUT2D eigenvalue weighted by Crippen LogP contribution is -2.43. The topological polar surface area (TPSA) is 143 Å². The Morgan fingerprint density at radius 3 is 2.64 bits per heavy atom. The number of nitrogens with zero attached hydrogens (tertiary/aromatic N) is 5. The van der Waals surface area contributed by atoms with Gasteiger partial charge in [-0.15, -0.1) is 0 Å². The summed E-state index contributed by atoms with van der Waals surface area (Å²) in [6, 6.07) is 4.57. The van der Waals surface area contributed by atoms with Crippen molar-refractivity contribution in [3.63, 3.8) is 0 Å². The minimum Gasteiger partial charge on any atom is -0.493 e. The van der Waals surface area contributed by atoms with Crippen LogP contribution in [0.5, 0.6) is 5.75 Å². The van der Waals surface area contributed by atoms with Crippen molar-refractivity contribution in [2.75, 3.05) is 59.2 Å². The summed E-state index contributed by atoms with van der Waals surface area (Å²) in [6.07, 6.45) is 2.23. The van der Waals surface area contributed by atoms with Crippen molar-refractivity contribution < 1.29 is 23.0 Å². The average molecular weight is 563 g/mol. The smallest absolute Gasteiger partial charge is 0.277 e. The van der Waals surface area contributed by atoms with Crippen molar-refractivity contribution in [1.29, 1.82) is 0 Å². The lowest BCUT2D eigenvalue weighted by Gasteiger charge is -2.29. The van der Waals surface area contributed by atoms with Crippen LogP contribution >= 0.6 is 0 Å². The fraction of sp³-hybridized carbons (Fsp3) is 0.577. The number of nitrogens with one attached hydrogen (secondary N) is 1. The zero-order chi connectivity index (χ0) is 28.0. The highest BCUT2D eigenvalue weighted by atomic mass is 32.2. The van der Waals surface area contributed by atoms with Gasteiger partial charge in [-0.1, -0.05) is 20.3 Å². The second-order valence-corrected chi connectivity index (χ2v) is 11.5. The SMILES string of the molecule is CCCOc1ccc(S(=O)(=O)N(CCO)CCN2CCOCC2)cc1-c1nc2c(CCC)nn(C)c2c(=O)[nH]1. The zero-order valence-corrected chi connectivity index (χ0v) is 23.7. The molecule has 2 N–H and O–H groups in total. The van der Waals surface area contributed by atoms with Gasteiger partial charge in [0.05, 0.1) is 42.6 Å². The Hall–Kier alpha value is -2.84. The number of H-pyrrole nitrogens is 1. The molecule has 1 aromatic carbocycles. The van der Waals surface area contributed by atoms with E-state index in [4.69, 9.17) is 14.5 Å². The van der Waals surface area contributed by atoms with E-state index < -0.39 is 10.0 Å². The van der Waals surface area contributed by atoms with Crippen LogP contribution in [0, 0.1) is 0 Å². The Morgan fingerprint density at radius 1 is 1.18 bits per heavy atom. The average Bonchev–Trinajstić information content (AvgIpc) is 3.25. The van der Waals surface area contributed by atoms with Crippen LogP contribution in [-0.2, 0) is 28.2 Å². The summed E-state index contributed by atoms with van der Waals surface area (Å²) in [5.41, 5.74) is 1.56. The van der Waals surface area contributed by atoms with E-state index in [1.54, 1.807) is 13.1 Å². The maximum absolute atomic E-state index is 13.8. The van der Waals surface area contributed by atoms with Crippen molar-refractivity contribution in [1.82, 2.24) is 29.0 Å². The van der Waals surface area contributed by atoms with Crippen molar-refractivity contribution >= 4 is 21.1 Å². The Balaban J connectivity index is 1.76. The number of hydrogen-bond acceptors (Lipinski definition) is 9. The number of benzene rings is 1. The summed E-state index contributed by atoms with van der Waals surface area (Å²) in [5, 5.41) is 14.1. The standard InChI is InChI=1S/C26H38N6O6S/c1-4-6-21-23-24(30(3)29-21)26(34)28-25(27-23)20-18-19(7-8-22(20)38-15-5-2)39(35,36)32(11-14-33)10-9-31-12-16-37-17-13-31/h7-8,18,33H,4-6,9-17H2,1-3H3,(H,27,28,34). The summed E-state index contributed by atoms with van der Waals surface area (Å²) in [6.45, 7) is 7.51. The van der Waals surface area contributed by atoms with Gasteiger partial charge in [-0.3, -0.25) is 14.4 Å². The predicted molar refractivity (Wildman–Crippen MR) is 147 cm³/mol. The number of sulfonamides is 1.